The number of rotatable bonds is 7. The molecule has 3 aromatic rings. The number of likely N-dealkylation sites (tertiary alicyclic amines) is 1. The molecule has 232 valence electrons. The molecule has 0 aliphatic carbocycles. The predicted molar refractivity (Wildman–Crippen MR) is 172 cm³/mol. The molecule has 1 unspecified atom stereocenters. The van der Waals surface area contributed by atoms with Gasteiger partial charge in [-0.2, -0.15) is 15.5 Å². The number of benzene rings is 2. The van der Waals surface area contributed by atoms with Crippen molar-refractivity contribution in [3.8, 4) is 18.0 Å². The van der Waals surface area contributed by atoms with Crippen LogP contribution in [0.3, 0.4) is 0 Å². The fourth-order valence-corrected chi connectivity index (χ4v) is 7.21. The fraction of sp³-hybridized carbons (Fsp3) is 0.412. The van der Waals surface area contributed by atoms with Crippen molar-refractivity contribution in [3.05, 3.63) is 70.5 Å². The number of nitriles is 2. The Bertz CT molecular complexity index is 1730. The first-order valence-corrected chi connectivity index (χ1v) is 15.7. The number of nitrogens with zero attached hydrogens (tertiary/aromatic N) is 7. The van der Waals surface area contributed by atoms with Crippen molar-refractivity contribution >= 4 is 39.8 Å². The van der Waals surface area contributed by atoms with Crippen LogP contribution in [-0.4, -0.2) is 79.2 Å². The monoisotopic (exact) mass is 627 g/mol. The maximum Gasteiger partial charge on any atom is 0.282 e. The normalized spacial score (nSPS) is 20.1. The number of hydrogen-bond acceptors (Lipinski definition) is 8. The highest BCUT2D eigenvalue weighted by atomic mass is 35.5. The van der Waals surface area contributed by atoms with Gasteiger partial charge in [0.1, 0.15) is 24.1 Å². The molecular weight excluding hydrogens is 593 g/mol. The molecule has 11 heteroatoms. The van der Waals surface area contributed by atoms with E-state index in [0.29, 0.717) is 55.6 Å². The Morgan fingerprint density at radius 1 is 1.11 bits per heavy atom. The number of amides is 1. The zero-order chi connectivity index (χ0) is 31.7. The van der Waals surface area contributed by atoms with Crippen molar-refractivity contribution < 1.29 is 13.9 Å². The molecule has 1 amide bonds. The molecule has 0 bridgehead atoms. The van der Waals surface area contributed by atoms with Crippen LogP contribution in [0.2, 0.25) is 5.02 Å². The van der Waals surface area contributed by atoms with Crippen molar-refractivity contribution in [2.24, 2.45) is 0 Å². The summed E-state index contributed by atoms with van der Waals surface area (Å²) in [5.41, 5.74) is 3.21. The van der Waals surface area contributed by atoms with Crippen LogP contribution in [0.4, 0.5) is 15.9 Å². The number of hydrogen-bond donors (Lipinski definition) is 0. The Balaban J connectivity index is 1.40. The van der Waals surface area contributed by atoms with Crippen molar-refractivity contribution in [1.82, 2.24) is 14.8 Å². The van der Waals surface area contributed by atoms with Gasteiger partial charge in [-0.3, -0.25) is 4.79 Å². The smallest absolute Gasteiger partial charge is 0.282 e. The largest absolute Gasteiger partial charge is 0.475 e. The van der Waals surface area contributed by atoms with Crippen molar-refractivity contribution in [2.45, 2.75) is 44.3 Å². The van der Waals surface area contributed by atoms with Crippen molar-refractivity contribution in [1.29, 1.82) is 10.5 Å². The van der Waals surface area contributed by atoms with Gasteiger partial charge in [0.2, 0.25) is 5.88 Å². The molecule has 3 aliphatic heterocycles. The van der Waals surface area contributed by atoms with E-state index >= 15 is 0 Å². The van der Waals surface area contributed by atoms with E-state index in [1.165, 1.54) is 4.90 Å². The van der Waals surface area contributed by atoms with Crippen LogP contribution in [0.15, 0.2) is 48.8 Å². The Kier molecular flexibility index (Phi) is 8.80. The van der Waals surface area contributed by atoms with E-state index in [-0.39, 0.29) is 24.9 Å². The zero-order valence-corrected chi connectivity index (χ0v) is 26.1. The number of piperazine rings is 1. The predicted octanol–water partition coefficient (Wildman–Crippen LogP) is 5.21. The number of halogens is 2. The molecule has 4 heterocycles. The lowest BCUT2D eigenvalue weighted by atomic mass is 9.94. The molecule has 45 heavy (non-hydrogen) atoms. The van der Waals surface area contributed by atoms with Crippen LogP contribution in [-0.2, 0) is 17.8 Å². The average molecular weight is 628 g/mol. The molecule has 2 fully saturated rings. The van der Waals surface area contributed by atoms with Gasteiger partial charge in [-0.25, -0.2) is 4.39 Å². The maximum absolute atomic E-state index is 13.9. The number of carbonyl (C=O) groups is 1. The zero-order valence-electron chi connectivity index (χ0n) is 25.3. The summed E-state index contributed by atoms with van der Waals surface area (Å²) in [4.78, 5) is 25.5. The molecule has 2 saturated heterocycles. The van der Waals surface area contributed by atoms with Crippen LogP contribution in [0, 0.1) is 22.7 Å². The van der Waals surface area contributed by atoms with Gasteiger partial charge < -0.3 is 24.3 Å². The van der Waals surface area contributed by atoms with Crippen LogP contribution < -0.4 is 14.5 Å². The van der Waals surface area contributed by atoms with E-state index in [0.717, 1.165) is 47.0 Å². The van der Waals surface area contributed by atoms with E-state index < -0.39 is 17.8 Å². The number of carbonyl (C=O) groups excluding carboxylic acids is 1. The number of likely N-dealkylation sites (N-methyl/N-ethyl adjacent to an activating group) is 1. The summed E-state index contributed by atoms with van der Waals surface area (Å²) in [6, 6.07) is 16.2. The van der Waals surface area contributed by atoms with Crippen LogP contribution in [0.25, 0.3) is 10.8 Å². The third-order valence-corrected chi connectivity index (χ3v) is 9.62. The number of fused-ring (bicyclic) bond motifs is 2. The van der Waals surface area contributed by atoms with E-state index in [9.17, 15) is 19.7 Å². The summed E-state index contributed by atoms with van der Waals surface area (Å²) in [6.45, 7) is 6.62. The first kappa shape index (κ1) is 30.6. The highest BCUT2D eigenvalue weighted by molar-refractivity contribution is 6.36. The molecule has 9 nitrogen and oxygen atoms in total. The van der Waals surface area contributed by atoms with Gasteiger partial charge in [0.25, 0.3) is 5.91 Å². The second kappa shape index (κ2) is 12.9. The summed E-state index contributed by atoms with van der Waals surface area (Å²) in [6.07, 6.45) is 2.76. The van der Waals surface area contributed by atoms with Crippen LogP contribution in [0.1, 0.15) is 36.0 Å². The molecule has 1 aromatic heterocycles. The molecule has 0 saturated carbocycles. The molecule has 0 spiro atoms. The SMILES string of the molecule is C=C(F)C(=O)N1CCN(c2nc(OC[C@@H]3CCCN3C)c(C#N)c3c2CCN(c2cccc4cccc(Cl)c24)C3)CC1CC#N. The van der Waals surface area contributed by atoms with Gasteiger partial charge in [0, 0.05) is 61.0 Å². The first-order chi connectivity index (χ1) is 21.8. The van der Waals surface area contributed by atoms with Crippen molar-refractivity contribution in [2.75, 3.05) is 56.2 Å². The van der Waals surface area contributed by atoms with Gasteiger partial charge in [0.15, 0.2) is 5.83 Å². The Hall–Kier alpha value is -4.38. The Morgan fingerprint density at radius 3 is 2.62 bits per heavy atom. The summed E-state index contributed by atoms with van der Waals surface area (Å²) in [5.74, 6) is -0.861. The standard InChI is InChI=1S/C34H35ClFN7O2/c1-22(36)34(44)43-17-16-42(19-24(43)11-13-37)32-26-12-15-41(30-10-4-7-23-6-3-9-29(35)31(23)30)20-28(26)27(18-38)33(39-32)45-21-25-8-5-14-40(25)2/h3-4,6-7,9-10,24-25H,1,5,8,11-12,14-17,19-21H2,2H3/t24?,25-/m0/s1. The molecular formula is C34H35ClFN7O2. The van der Waals surface area contributed by atoms with Gasteiger partial charge in [-0.1, -0.05) is 42.4 Å². The Labute approximate surface area is 267 Å². The third-order valence-electron chi connectivity index (χ3n) is 9.31. The third kappa shape index (κ3) is 5.88. The molecule has 3 aliphatic rings. The molecule has 0 radical (unpaired) electrons. The second-order valence-electron chi connectivity index (χ2n) is 11.9. The molecule has 2 atom stereocenters. The maximum atomic E-state index is 13.9. The lowest BCUT2D eigenvalue weighted by molar-refractivity contribution is -0.131. The van der Waals surface area contributed by atoms with E-state index in [1.54, 1.807) is 0 Å². The molecule has 0 N–H and O–H groups in total. The second-order valence-corrected chi connectivity index (χ2v) is 12.3. The lowest BCUT2D eigenvalue weighted by Gasteiger charge is -2.42. The summed E-state index contributed by atoms with van der Waals surface area (Å²) < 4.78 is 20.2. The van der Waals surface area contributed by atoms with Gasteiger partial charge >= 0.3 is 0 Å². The number of ether oxygens (including phenoxy) is 1. The molecule has 6 rings (SSSR count). The lowest BCUT2D eigenvalue weighted by Crippen LogP contribution is -2.55. The number of pyridine rings is 1. The molecule has 2 aromatic carbocycles. The van der Waals surface area contributed by atoms with Gasteiger partial charge in [0.05, 0.1) is 23.6 Å². The minimum Gasteiger partial charge on any atom is -0.475 e. The fourth-order valence-electron chi connectivity index (χ4n) is 6.93. The summed E-state index contributed by atoms with van der Waals surface area (Å²) >= 11 is 6.70. The topological polar surface area (TPSA) is 99.7 Å². The first-order valence-electron chi connectivity index (χ1n) is 15.3. The summed E-state index contributed by atoms with van der Waals surface area (Å²) in [7, 11) is 2.08. The number of anilines is 2. The van der Waals surface area contributed by atoms with Crippen molar-refractivity contribution in [3.63, 3.8) is 0 Å². The summed E-state index contributed by atoms with van der Waals surface area (Å²) in [5, 5.41) is 22.7. The minimum absolute atomic E-state index is 0.0426. The van der Waals surface area contributed by atoms with E-state index in [2.05, 4.69) is 41.6 Å². The van der Waals surface area contributed by atoms with Crippen LogP contribution >= 0.6 is 11.6 Å². The Morgan fingerprint density at radius 2 is 1.91 bits per heavy atom. The quantitative estimate of drug-likeness (QED) is 0.329. The number of aromatic nitrogens is 1. The van der Waals surface area contributed by atoms with E-state index in [4.69, 9.17) is 21.3 Å². The van der Waals surface area contributed by atoms with Gasteiger partial charge in [-0.05, 0) is 50.4 Å². The highest BCUT2D eigenvalue weighted by Gasteiger charge is 2.36. The van der Waals surface area contributed by atoms with Gasteiger partial charge in [-0.15, -0.1) is 0 Å². The highest BCUT2D eigenvalue weighted by Crippen LogP contribution is 2.40. The van der Waals surface area contributed by atoms with Crippen LogP contribution in [0.5, 0.6) is 5.88 Å². The van der Waals surface area contributed by atoms with E-state index in [1.807, 2.05) is 35.2 Å². The minimum atomic E-state index is -1.04. The average Bonchev–Trinajstić information content (AvgIpc) is 3.46.